The number of nitrogens with one attached hydrogen (secondary N) is 2. The topological polar surface area (TPSA) is 103 Å². The monoisotopic (exact) mass is 477 g/mol. The highest BCUT2D eigenvalue weighted by Gasteiger charge is 2.42. The van der Waals surface area contributed by atoms with Gasteiger partial charge in [0.05, 0.1) is 17.9 Å². The van der Waals surface area contributed by atoms with Gasteiger partial charge in [0.1, 0.15) is 11.9 Å². The number of fused-ring (bicyclic) bond motifs is 3. The third-order valence-electron chi connectivity index (χ3n) is 5.41. The Bertz CT molecular complexity index is 1180. The van der Waals surface area contributed by atoms with Crippen LogP contribution in [0.1, 0.15) is 37.3 Å². The minimum Gasteiger partial charge on any atom is -0.356 e. The molecule has 0 bridgehead atoms. The second-order valence-corrected chi connectivity index (χ2v) is 9.11. The average Bonchev–Trinajstić information content (AvgIpc) is 3.14. The van der Waals surface area contributed by atoms with Crippen LogP contribution in [0.2, 0.25) is 0 Å². The van der Waals surface area contributed by atoms with E-state index in [9.17, 15) is 14.4 Å². The first-order valence-corrected chi connectivity index (χ1v) is 12.3. The molecule has 9 heteroatoms. The Labute approximate surface area is 202 Å². The summed E-state index contributed by atoms with van der Waals surface area (Å²) in [6, 6.07) is 14.2. The molecule has 2 aromatic carbocycles. The van der Waals surface area contributed by atoms with Crippen molar-refractivity contribution in [1.82, 2.24) is 10.2 Å². The van der Waals surface area contributed by atoms with Gasteiger partial charge in [0, 0.05) is 17.8 Å². The molecule has 2 aromatic rings. The van der Waals surface area contributed by atoms with E-state index in [-0.39, 0.29) is 29.9 Å². The lowest BCUT2D eigenvalue weighted by molar-refractivity contribution is -0.128. The SMILES string of the molecule is CCCCNC(=O)C[C@H]1N=C2c3ccccc3N=C(SCC(=O)Nc3cccc(C)c3)N2C1=O. The van der Waals surface area contributed by atoms with Crippen LogP contribution in [0.4, 0.5) is 11.4 Å². The Hall–Kier alpha value is -3.46. The number of hydrogen-bond acceptors (Lipinski definition) is 6. The highest BCUT2D eigenvalue weighted by atomic mass is 32.2. The summed E-state index contributed by atoms with van der Waals surface area (Å²) >= 11 is 1.17. The van der Waals surface area contributed by atoms with Crippen molar-refractivity contribution >= 4 is 51.9 Å². The first-order chi connectivity index (χ1) is 16.5. The molecule has 2 N–H and O–H groups in total. The zero-order valence-corrected chi connectivity index (χ0v) is 20.0. The van der Waals surface area contributed by atoms with E-state index in [0.29, 0.717) is 23.2 Å². The number of nitrogens with zero attached hydrogens (tertiary/aromatic N) is 3. The van der Waals surface area contributed by atoms with Gasteiger partial charge < -0.3 is 10.6 Å². The van der Waals surface area contributed by atoms with Gasteiger partial charge in [-0.1, -0.05) is 49.4 Å². The normalized spacial score (nSPS) is 16.4. The molecule has 176 valence electrons. The molecule has 0 fully saturated rings. The molecule has 34 heavy (non-hydrogen) atoms. The van der Waals surface area contributed by atoms with E-state index in [4.69, 9.17) is 0 Å². The van der Waals surface area contributed by atoms with Crippen molar-refractivity contribution in [2.24, 2.45) is 9.98 Å². The maximum atomic E-state index is 13.2. The van der Waals surface area contributed by atoms with Gasteiger partial charge in [-0.2, -0.15) is 0 Å². The fourth-order valence-corrected chi connectivity index (χ4v) is 4.54. The number of amides is 3. The summed E-state index contributed by atoms with van der Waals surface area (Å²) in [6.07, 6.45) is 1.84. The molecular weight excluding hydrogens is 450 g/mol. The Morgan fingerprint density at radius 1 is 1.12 bits per heavy atom. The smallest absolute Gasteiger partial charge is 0.259 e. The molecule has 0 radical (unpaired) electrons. The van der Waals surface area contributed by atoms with E-state index < -0.39 is 6.04 Å². The summed E-state index contributed by atoms with van der Waals surface area (Å²) in [6.45, 7) is 4.59. The Balaban J connectivity index is 1.49. The molecule has 0 aliphatic carbocycles. The van der Waals surface area contributed by atoms with Gasteiger partial charge in [-0.3, -0.25) is 19.4 Å². The van der Waals surface area contributed by atoms with Crippen molar-refractivity contribution in [3.05, 3.63) is 59.7 Å². The second-order valence-electron chi connectivity index (χ2n) is 8.17. The van der Waals surface area contributed by atoms with Crippen LogP contribution in [0.15, 0.2) is 58.5 Å². The van der Waals surface area contributed by atoms with Crippen LogP contribution in [-0.4, -0.2) is 52.0 Å². The number of carbonyl (C=O) groups excluding carboxylic acids is 3. The minimum absolute atomic E-state index is 0.0174. The first-order valence-electron chi connectivity index (χ1n) is 11.3. The highest BCUT2D eigenvalue weighted by Crippen LogP contribution is 2.34. The van der Waals surface area contributed by atoms with Crippen molar-refractivity contribution < 1.29 is 14.4 Å². The largest absolute Gasteiger partial charge is 0.356 e. The number of para-hydroxylation sites is 1. The lowest BCUT2D eigenvalue weighted by Crippen LogP contribution is -2.42. The van der Waals surface area contributed by atoms with E-state index in [2.05, 4.69) is 20.6 Å². The lowest BCUT2D eigenvalue weighted by atomic mass is 10.1. The van der Waals surface area contributed by atoms with E-state index in [1.807, 2.05) is 62.4 Å². The summed E-state index contributed by atoms with van der Waals surface area (Å²) in [5.74, 6) is -0.153. The molecule has 2 heterocycles. The number of unbranched alkanes of at least 4 members (excludes halogenated alkanes) is 1. The Morgan fingerprint density at radius 3 is 2.74 bits per heavy atom. The number of amidine groups is 2. The average molecular weight is 478 g/mol. The van der Waals surface area contributed by atoms with Crippen molar-refractivity contribution in [3.63, 3.8) is 0 Å². The summed E-state index contributed by atoms with van der Waals surface area (Å²) in [5.41, 5.74) is 3.18. The number of hydrogen-bond donors (Lipinski definition) is 2. The summed E-state index contributed by atoms with van der Waals surface area (Å²) in [7, 11) is 0. The van der Waals surface area contributed by atoms with Crippen LogP contribution >= 0.6 is 11.8 Å². The van der Waals surface area contributed by atoms with Gasteiger partial charge in [-0.15, -0.1) is 0 Å². The van der Waals surface area contributed by atoms with Gasteiger partial charge in [0.25, 0.3) is 5.91 Å². The summed E-state index contributed by atoms with van der Waals surface area (Å²) in [4.78, 5) is 48.8. The predicted molar refractivity (Wildman–Crippen MR) is 136 cm³/mol. The van der Waals surface area contributed by atoms with Crippen LogP contribution in [0, 0.1) is 6.92 Å². The number of aryl methyl sites for hydroxylation is 1. The van der Waals surface area contributed by atoms with Crippen LogP contribution < -0.4 is 10.6 Å². The molecule has 2 aliphatic rings. The first kappa shape index (κ1) is 23.7. The quantitative estimate of drug-likeness (QED) is 0.567. The number of anilines is 1. The van der Waals surface area contributed by atoms with Crippen LogP contribution in [0.25, 0.3) is 0 Å². The summed E-state index contributed by atoms with van der Waals surface area (Å²) in [5, 5.41) is 6.10. The number of carbonyl (C=O) groups is 3. The Kier molecular flexibility index (Phi) is 7.42. The van der Waals surface area contributed by atoms with Crippen molar-refractivity contribution in [3.8, 4) is 0 Å². The second kappa shape index (κ2) is 10.6. The van der Waals surface area contributed by atoms with Gasteiger partial charge in [0.15, 0.2) is 5.17 Å². The molecule has 0 aromatic heterocycles. The van der Waals surface area contributed by atoms with Crippen molar-refractivity contribution in [1.29, 1.82) is 0 Å². The van der Waals surface area contributed by atoms with Crippen molar-refractivity contribution in [2.45, 2.75) is 39.2 Å². The maximum absolute atomic E-state index is 13.2. The number of rotatable bonds is 8. The zero-order chi connectivity index (χ0) is 24.1. The fourth-order valence-electron chi connectivity index (χ4n) is 3.73. The van der Waals surface area contributed by atoms with Gasteiger partial charge in [0.2, 0.25) is 11.8 Å². The Morgan fingerprint density at radius 2 is 1.94 bits per heavy atom. The summed E-state index contributed by atoms with van der Waals surface area (Å²) < 4.78 is 0. The van der Waals surface area contributed by atoms with Gasteiger partial charge in [-0.25, -0.2) is 9.89 Å². The minimum atomic E-state index is -0.810. The van der Waals surface area contributed by atoms with Gasteiger partial charge in [-0.05, 0) is 43.2 Å². The van der Waals surface area contributed by atoms with E-state index in [0.717, 1.165) is 29.7 Å². The highest BCUT2D eigenvalue weighted by molar-refractivity contribution is 8.14. The molecular formula is C25H27N5O3S. The van der Waals surface area contributed by atoms with Crippen LogP contribution in [-0.2, 0) is 14.4 Å². The van der Waals surface area contributed by atoms with Crippen LogP contribution in [0.3, 0.4) is 0 Å². The molecule has 3 amide bonds. The number of aliphatic imine (C=N–C) groups is 2. The molecule has 0 saturated carbocycles. The number of thioether (sulfide) groups is 1. The molecule has 0 saturated heterocycles. The fraction of sp³-hybridized carbons (Fsp3) is 0.320. The lowest BCUT2D eigenvalue weighted by Gasteiger charge is -2.25. The van der Waals surface area contributed by atoms with E-state index in [1.54, 1.807) is 0 Å². The van der Waals surface area contributed by atoms with Gasteiger partial charge >= 0.3 is 0 Å². The third kappa shape index (κ3) is 5.36. The molecule has 4 rings (SSSR count). The zero-order valence-electron chi connectivity index (χ0n) is 19.2. The molecule has 2 aliphatic heterocycles. The molecule has 8 nitrogen and oxygen atoms in total. The maximum Gasteiger partial charge on any atom is 0.259 e. The standard InChI is InChI=1S/C25H27N5O3S/c1-3-4-12-26-21(31)14-20-24(33)30-23(28-20)18-10-5-6-11-19(18)29-25(30)34-15-22(32)27-17-9-7-8-16(2)13-17/h5-11,13,20H,3-4,12,14-15H2,1-2H3,(H,26,31)(H,27,32)/t20-/m1/s1. The third-order valence-corrected chi connectivity index (χ3v) is 6.35. The van der Waals surface area contributed by atoms with Crippen LogP contribution in [0.5, 0.6) is 0 Å². The van der Waals surface area contributed by atoms with E-state index in [1.165, 1.54) is 16.7 Å². The molecule has 1 atom stereocenters. The molecule has 0 unspecified atom stereocenters. The van der Waals surface area contributed by atoms with Crippen molar-refractivity contribution in [2.75, 3.05) is 17.6 Å². The number of benzene rings is 2. The molecule has 0 spiro atoms. The predicted octanol–water partition coefficient (Wildman–Crippen LogP) is 3.63. The van der Waals surface area contributed by atoms with E-state index >= 15 is 0 Å².